The third kappa shape index (κ3) is 3.05. The number of aliphatic carboxylic acids is 1. The number of carbonyl (C=O) groups excluding carboxylic acids is 1. The second kappa shape index (κ2) is 5.99. The summed E-state index contributed by atoms with van der Waals surface area (Å²) in [4.78, 5) is 23.4. The standard InChI is InChI=1S/C14H16INO4/c15-10-4-3-9(7-11(10)17)12(18)16-8-14(13(19)20)5-1-2-6-14/h3-4,7,17H,1-2,5-6,8H2,(H,16,18)(H,19,20). The van der Waals surface area contributed by atoms with Crippen LogP contribution >= 0.6 is 22.6 Å². The number of aromatic hydroxyl groups is 1. The van der Waals surface area contributed by atoms with Crippen LogP contribution in [-0.4, -0.2) is 28.6 Å². The second-order valence-electron chi connectivity index (χ2n) is 5.14. The number of carbonyl (C=O) groups is 2. The van der Waals surface area contributed by atoms with E-state index in [1.807, 2.05) is 22.6 Å². The van der Waals surface area contributed by atoms with Crippen LogP contribution in [0.5, 0.6) is 5.75 Å². The Balaban J connectivity index is 2.04. The van der Waals surface area contributed by atoms with E-state index < -0.39 is 11.4 Å². The van der Waals surface area contributed by atoms with Crippen molar-refractivity contribution in [2.45, 2.75) is 25.7 Å². The van der Waals surface area contributed by atoms with Gasteiger partial charge in [-0.3, -0.25) is 9.59 Å². The number of carboxylic acids is 1. The minimum absolute atomic E-state index is 0.0482. The van der Waals surface area contributed by atoms with Crippen LogP contribution in [0, 0.1) is 8.99 Å². The van der Waals surface area contributed by atoms with Gasteiger partial charge in [0.2, 0.25) is 0 Å². The van der Waals surface area contributed by atoms with Gasteiger partial charge in [-0.25, -0.2) is 0 Å². The number of amides is 1. The van der Waals surface area contributed by atoms with Crippen molar-refractivity contribution in [1.82, 2.24) is 5.32 Å². The van der Waals surface area contributed by atoms with E-state index in [0.717, 1.165) is 12.8 Å². The highest BCUT2D eigenvalue weighted by Gasteiger charge is 2.41. The van der Waals surface area contributed by atoms with Gasteiger partial charge in [-0.15, -0.1) is 0 Å². The lowest BCUT2D eigenvalue weighted by molar-refractivity contribution is -0.148. The molecule has 2 rings (SSSR count). The number of nitrogens with one attached hydrogen (secondary N) is 1. The van der Waals surface area contributed by atoms with Gasteiger partial charge in [-0.05, 0) is 53.6 Å². The first-order valence-corrected chi connectivity index (χ1v) is 7.53. The molecule has 1 fully saturated rings. The van der Waals surface area contributed by atoms with Crippen LogP contribution in [0.4, 0.5) is 0 Å². The molecule has 0 bridgehead atoms. The summed E-state index contributed by atoms with van der Waals surface area (Å²) in [7, 11) is 0. The molecule has 0 aromatic heterocycles. The van der Waals surface area contributed by atoms with Gasteiger partial charge in [0.05, 0.1) is 8.99 Å². The third-order valence-electron chi connectivity index (χ3n) is 3.81. The average Bonchev–Trinajstić information content (AvgIpc) is 2.89. The number of phenols is 1. The molecule has 0 aliphatic heterocycles. The molecule has 1 aliphatic carbocycles. The van der Waals surface area contributed by atoms with Gasteiger partial charge >= 0.3 is 5.97 Å². The Morgan fingerprint density at radius 2 is 1.95 bits per heavy atom. The fourth-order valence-electron chi connectivity index (χ4n) is 2.52. The average molecular weight is 389 g/mol. The molecule has 0 radical (unpaired) electrons. The number of phenolic OH excluding ortho intramolecular Hbond substituents is 1. The van der Waals surface area contributed by atoms with E-state index >= 15 is 0 Å². The zero-order chi connectivity index (χ0) is 14.8. The monoisotopic (exact) mass is 389 g/mol. The zero-order valence-electron chi connectivity index (χ0n) is 10.9. The van der Waals surface area contributed by atoms with Crippen LogP contribution in [0.3, 0.4) is 0 Å². The van der Waals surface area contributed by atoms with Crippen LogP contribution in [0.2, 0.25) is 0 Å². The maximum atomic E-state index is 12.0. The minimum atomic E-state index is -0.847. The van der Waals surface area contributed by atoms with Crippen molar-refractivity contribution in [1.29, 1.82) is 0 Å². The number of hydrogen-bond acceptors (Lipinski definition) is 3. The summed E-state index contributed by atoms with van der Waals surface area (Å²) < 4.78 is 0.664. The zero-order valence-corrected chi connectivity index (χ0v) is 13.0. The summed E-state index contributed by atoms with van der Waals surface area (Å²) in [6.45, 7) is 0.133. The molecule has 0 unspecified atom stereocenters. The lowest BCUT2D eigenvalue weighted by atomic mass is 9.86. The van der Waals surface area contributed by atoms with Gasteiger partial charge in [0.15, 0.2) is 0 Å². The van der Waals surface area contributed by atoms with Crippen molar-refractivity contribution in [3.8, 4) is 5.75 Å². The van der Waals surface area contributed by atoms with Gasteiger partial charge in [-0.1, -0.05) is 12.8 Å². The molecule has 6 heteroatoms. The highest BCUT2D eigenvalue weighted by atomic mass is 127. The number of hydrogen-bond donors (Lipinski definition) is 3. The SMILES string of the molecule is O=C(NCC1(C(=O)O)CCCC1)c1ccc(I)c(O)c1. The van der Waals surface area contributed by atoms with E-state index in [9.17, 15) is 19.8 Å². The fraction of sp³-hybridized carbons (Fsp3) is 0.429. The van der Waals surface area contributed by atoms with Gasteiger partial charge in [0.1, 0.15) is 5.75 Å². The summed E-state index contributed by atoms with van der Waals surface area (Å²) in [5, 5.41) is 21.6. The molecule has 0 spiro atoms. The molecule has 1 aliphatic rings. The molecule has 3 N–H and O–H groups in total. The van der Waals surface area contributed by atoms with Crippen molar-refractivity contribution >= 4 is 34.5 Å². The van der Waals surface area contributed by atoms with Crippen LogP contribution < -0.4 is 5.32 Å². The maximum absolute atomic E-state index is 12.0. The van der Waals surface area contributed by atoms with E-state index in [1.54, 1.807) is 12.1 Å². The highest BCUT2D eigenvalue weighted by Crippen LogP contribution is 2.37. The predicted molar refractivity (Wildman–Crippen MR) is 81.7 cm³/mol. The molecule has 1 saturated carbocycles. The molecule has 0 saturated heterocycles. The molecule has 5 nitrogen and oxygen atoms in total. The van der Waals surface area contributed by atoms with Crippen LogP contribution in [-0.2, 0) is 4.79 Å². The molecule has 108 valence electrons. The van der Waals surface area contributed by atoms with Gasteiger partial charge in [-0.2, -0.15) is 0 Å². The summed E-state index contributed by atoms with van der Waals surface area (Å²) in [5.74, 6) is -1.16. The third-order valence-corrected chi connectivity index (χ3v) is 4.72. The summed E-state index contributed by atoms with van der Waals surface area (Å²) >= 11 is 1.97. The van der Waals surface area contributed by atoms with E-state index in [-0.39, 0.29) is 18.2 Å². The van der Waals surface area contributed by atoms with Gasteiger partial charge < -0.3 is 15.5 Å². The highest BCUT2D eigenvalue weighted by molar-refractivity contribution is 14.1. The van der Waals surface area contributed by atoms with Crippen LogP contribution in [0.25, 0.3) is 0 Å². The molecule has 20 heavy (non-hydrogen) atoms. The Morgan fingerprint density at radius 3 is 2.50 bits per heavy atom. The smallest absolute Gasteiger partial charge is 0.311 e. The Morgan fingerprint density at radius 1 is 1.30 bits per heavy atom. The maximum Gasteiger partial charge on any atom is 0.311 e. The number of rotatable bonds is 4. The number of carboxylic acid groups (broad SMARTS) is 1. The van der Waals surface area contributed by atoms with Crippen molar-refractivity contribution in [2.75, 3.05) is 6.54 Å². The van der Waals surface area contributed by atoms with E-state index in [1.165, 1.54) is 6.07 Å². The Labute approximate surface area is 130 Å². The second-order valence-corrected chi connectivity index (χ2v) is 6.30. The van der Waals surface area contributed by atoms with Gasteiger partial charge in [0, 0.05) is 12.1 Å². The molecule has 1 aromatic rings. The molecule has 1 amide bonds. The predicted octanol–water partition coefficient (Wildman–Crippen LogP) is 2.37. The largest absolute Gasteiger partial charge is 0.507 e. The van der Waals surface area contributed by atoms with Crippen LogP contribution in [0.1, 0.15) is 36.0 Å². The van der Waals surface area contributed by atoms with Crippen molar-refractivity contribution in [3.05, 3.63) is 27.3 Å². The fourth-order valence-corrected chi connectivity index (χ4v) is 2.86. The van der Waals surface area contributed by atoms with Crippen molar-refractivity contribution in [2.24, 2.45) is 5.41 Å². The first kappa shape index (κ1) is 15.1. The Kier molecular flexibility index (Phi) is 4.52. The Hall–Kier alpha value is -1.31. The van der Waals surface area contributed by atoms with Crippen molar-refractivity contribution < 1.29 is 19.8 Å². The van der Waals surface area contributed by atoms with E-state index in [2.05, 4.69) is 5.32 Å². The van der Waals surface area contributed by atoms with Crippen LogP contribution in [0.15, 0.2) is 18.2 Å². The summed E-state index contributed by atoms with van der Waals surface area (Å²) in [5.41, 5.74) is -0.498. The Bertz CT molecular complexity index is 538. The van der Waals surface area contributed by atoms with E-state index in [4.69, 9.17) is 0 Å². The minimum Gasteiger partial charge on any atom is -0.507 e. The lowest BCUT2D eigenvalue weighted by Crippen LogP contribution is -2.41. The molecular weight excluding hydrogens is 373 g/mol. The molecular formula is C14H16INO4. The number of benzene rings is 1. The summed E-state index contributed by atoms with van der Waals surface area (Å²) in [6, 6.07) is 4.64. The molecule has 0 atom stereocenters. The van der Waals surface area contributed by atoms with Crippen molar-refractivity contribution in [3.63, 3.8) is 0 Å². The first-order chi connectivity index (χ1) is 9.44. The lowest BCUT2D eigenvalue weighted by Gasteiger charge is -2.24. The molecule has 1 aromatic carbocycles. The van der Waals surface area contributed by atoms with Gasteiger partial charge in [0.25, 0.3) is 5.91 Å². The normalized spacial score (nSPS) is 16.9. The topological polar surface area (TPSA) is 86.6 Å². The van der Waals surface area contributed by atoms with E-state index in [0.29, 0.717) is 22.0 Å². The molecule has 0 heterocycles. The first-order valence-electron chi connectivity index (χ1n) is 6.45. The number of halogens is 1. The summed E-state index contributed by atoms with van der Waals surface area (Å²) in [6.07, 6.45) is 2.96. The quantitative estimate of drug-likeness (QED) is 0.691.